The van der Waals surface area contributed by atoms with Gasteiger partial charge < -0.3 is 40.7 Å². The van der Waals surface area contributed by atoms with Gasteiger partial charge >= 0.3 is 0 Å². The lowest BCUT2D eigenvalue weighted by Gasteiger charge is -2.28. The Morgan fingerprint density at radius 1 is 0.917 bits per heavy atom. The third-order valence-corrected chi connectivity index (χ3v) is 9.60. The average molecular weight is 666 g/mol. The molecule has 2 unspecified atom stereocenters. The Morgan fingerprint density at radius 3 is 2.42 bits per heavy atom. The molecule has 0 amide bonds. The lowest BCUT2D eigenvalue weighted by molar-refractivity contribution is -0.145. The molecule has 10 nitrogen and oxygen atoms in total. The van der Waals surface area contributed by atoms with Crippen molar-refractivity contribution in [3.63, 3.8) is 0 Å². The third-order valence-electron chi connectivity index (χ3n) is 9.60. The number of hydrogen-bond donors (Lipinski definition) is 8. The maximum absolute atomic E-state index is 10.2. The van der Waals surface area contributed by atoms with Gasteiger partial charge in [-0.3, -0.25) is 10.3 Å². The Bertz CT molecular complexity index is 1420. The minimum atomic E-state index is -1.81. The minimum Gasteiger partial charge on any atom is -0.493 e. The van der Waals surface area contributed by atoms with Crippen molar-refractivity contribution >= 4 is 0 Å². The van der Waals surface area contributed by atoms with Crippen molar-refractivity contribution in [1.29, 1.82) is 0 Å². The standard InChI is InChI=1S/C38H55N3O7/c1-4-5-20-48-33-12-7-6-11-30(33)29-15-19-39-23-31(29)38(16-17-38)41-22-28-21-27(14-13-26(28)3)25(2)10-8-9-18-40-37(47)36(46)35(45)34(44)32(43)24-42/h6-7,11-15,19,21,23,25,32,34-37,40-47H,4-5,8-10,16-18,20,22,24H2,1-3H3/t25?,32-,34+,35-,36-,37?/m0/s1. The molecule has 0 aliphatic heterocycles. The molecule has 48 heavy (non-hydrogen) atoms. The quantitative estimate of drug-likeness (QED) is 0.0622. The van der Waals surface area contributed by atoms with Gasteiger partial charge in [0, 0.05) is 30.0 Å². The minimum absolute atomic E-state index is 0.133. The van der Waals surface area contributed by atoms with E-state index in [1.165, 1.54) is 22.3 Å². The number of aliphatic hydroxyl groups excluding tert-OH is 6. The van der Waals surface area contributed by atoms with Crippen molar-refractivity contribution in [2.24, 2.45) is 0 Å². The number of rotatable bonds is 21. The summed E-state index contributed by atoms with van der Waals surface area (Å²) in [6.07, 6.45) is 2.18. The van der Waals surface area contributed by atoms with Gasteiger partial charge in [-0.1, -0.05) is 63.1 Å². The summed E-state index contributed by atoms with van der Waals surface area (Å²) in [5.74, 6) is 1.23. The Balaban J connectivity index is 1.32. The van der Waals surface area contributed by atoms with E-state index in [1.807, 2.05) is 18.5 Å². The molecule has 0 saturated heterocycles. The zero-order chi connectivity index (χ0) is 34.7. The molecule has 1 fully saturated rings. The molecule has 0 bridgehead atoms. The van der Waals surface area contributed by atoms with Crippen LogP contribution in [-0.2, 0) is 12.1 Å². The summed E-state index contributed by atoms with van der Waals surface area (Å²) in [4.78, 5) is 4.53. The fraction of sp³-hybridized carbons (Fsp3) is 0.553. The average Bonchev–Trinajstić information content (AvgIpc) is 3.90. The van der Waals surface area contributed by atoms with E-state index >= 15 is 0 Å². The molecule has 1 aromatic heterocycles. The molecule has 0 radical (unpaired) electrons. The van der Waals surface area contributed by atoms with E-state index in [1.54, 1.807) is 0 Å². The summed E-state index contributed by atoms with van der Waals surface area (Å²) in [6, 6.07) is 17.1. The molecule has 0 spiro atoms. The van der Waals surface area contributed by atoms with Gasteiger partial charge in [0.25, 0.3) is 0 Å². The summed E-state index contributed by atoms with van der Waals surface area (Å²) >= 11 is 0. The normalized spacial score (nSPS) is 17.7. The number of ether oxygens (including phenoxy) is 1. The first-order valence-electron chi connectivity index (χ1n) is 17.4. The number of aromatic nitrogens is 1. The van der Waals surface area contributed by atoms with Gasteiger partial charge in [0.05, 0.1) is 13.2 Å². The van der Waals surface area contributed by atoms with E-state index in [0.29, 0.717) is 19.1 Å². The molecule has 1 aliphatic rings. The molecule has 1 heterocycles. The fourth-order valence-corrected chi connectivity index (χ4v) is 6.11. The van der Waals surface area contributed by atoms with Crippen LogP contribution in [0.25, 0.3) is 11.1 Å². The topological polar surface area (TPSA) is 168 Å². The molecule has 264 valence electrons. The molecule has 8 N–H and O–H groups in total. The molecular weight excluding hydrogens is 610 g/mol. The summed E-state index contributed by atoms with van der Waals surface area (Å²) in [5, 5.41) is 65.0. The number of para-hydroxylation sites is 1. The van der Waals surface area contributed by atoms with Crippen LogP contribution in [0.5, 0.6) is 5.75 Å². The number of pyridine rings is 1. The largest absolute Gasteiger partial charge is 0.493 e. The van der Waals surface area contributed by atoms with Crippen LogP contribution in [0.2, 0.25) is 0 Å². The second-order valence-corrected chi connectivity index (χ2v) is 13.3. The van der Waals surface area contributed by atoms with Gasteiger partial charge in [-0.2, -0.15) is 0 Å². The van der Waals surface area contributed by atoms with Crippen LogP contribution in [0.1, 0.15) is 87.0 Å². The highest BCUT2D eigenvalue weighted by atomic mass is 16.5. The predicted octanol–water partition coefficient (Wildman–Crippen LogP) is 3.63. The summed E-state index contributed by atoms with van der Waals surface area (Å²) in [6.45, 7) is 7.59. The van der Waals surface area contributed by atoms with E-state index < -0.39 is 37.3 Å². The number of nitrogens with one attached hydrogen (secondary N) is 2. The van der Waals surface area contributed by atoms with Crippen molar-refractivity contribution in [2.75, 3.05) is 19.8 Å². The Morgan fingerprint density at radius 2 is 1.69 bits per heavy atom. The second kappa shape index (κ2) is 18.2. The molecule has 4 rings (SSSR count). The Hall–Kier alpha value is -2.93. The maximum Gasteiger partial charge on any atom is 0.133 e. The van der Waals surface area contributed by atoms with Crippen LogP contribution in [-0.4, -0.2) is 86.0 Å². The van der Waals surface area contributed by atoms with E-state index in [0.717, 1.165) is 68.4 Å². The van der Waals surface area contributed by atoms with E-state index in [4.69, 9.17) is 9.84 Å². The van der Waals surface area contributed by atoms with Crippen LogP contribution < -0.4 is 15.4 Å². The Kier molecular flexibility index (Phi) is 14.3. The first-order valence-corrected chi connectivity index (χ1v) is 17.4. The van der Waals surface area contributed by atoms with Crippen molar-refractivity contribution in [3.8, 4) is 16.9 Å². The van der Waals surface area contributed by atoms with Gasteiger partial charge in [-0.05, 0) is 91.4 Å². The van der Waals surface area contributed by atoms with Gasteiger partial charge in [-0.15, -0.1) is 0 Å². The molecule has 10 heteroatoms. The SMILES string of the molecule is CCCCOc1ccccc1-c1ccncc1C1(NCc2cc(C(C)CCCCNC(O)[C@@H](O)[C@@H](O)[C@H](O)[C@@H](O)CO)ccc2C)CC1. The van der Waals surface area contributed by atoms with Gasteiger partial charge in [-0.25, -0.2) is 0 Å². The molecule has 1 aliphatic carbocycles. The molecule has 6 atom stereocenters. The van der Waals surface area contributed by atoms with Crippen LogP contribution in [0.15, 0.2) is 60.9 Å². The smallest absolute Gasteiger partial charge is 0.133 e. The fourth-order valence-electron chi connectivity index (χ4n) is 6.11. The first-order chi connectivity index (χ1) is 23.1. The number of benzene rings is 2. The van der Waals surface area contributed by atoms with Gasteiger partial charge in [0.2, 0.25) is 0 Å². The van der Waals surface area contributed by atoms with E-state index in [9.17, 15) is 25.5 Å². The molecule has 2 aromatic carbocycles. The number of aliphatic hydroxyl groups is 6. The van der Waals surface area contributed by atoms with Crippen LogP contribution in [0, 0.1) is 6.92 Å². The number of nitrogens with zero attached hydrogens (tertiary/aromatic N) is 1. The van der Waals surface area contributed by atoms with Gasteiger partial charge in [0.15, 0.2) is 0 Å². The predicted molar refractivity (Wildman–Crippen MR) is 186 cm³/mol. The Labute approximate surface area is 284 Å². The number of aryl methyl sites for hydroxylation is 1. The summed E-state index contributed by atoms with van der Waals surface area (Å²) < 4.78 is 6.19. The molecule has 3 aromatic rings. The second-order valence-electron chi connectivity index (χ2n) is 13.3. The molecular formula is C38H55N3O7. The van der Waals surface area contributed by atoms with Crippen LogP contribution in [0.4, 0.5) is 0 Å². The zero-order valence-corrected chi connectivity index (χ0v) is 28.6. The zero-order valence-electron chi connectivity index (χ0n) is 28.6. The highest BCUT2D eigenvalue weighted by Crippen LogP contribution is 2.50. The van der Waals surface area contributed by atoms with Crippen molar-refractivity contribution in [2.45, 2.75) is 114 Å². The highest BCUT2D eigenvalue weighted by molar-refractivity contribution is 5.74. The van der Waals surface area contributed by atoms with E-state index in [-0.39, 0.29) is 5.54 Å². The number of hydrogen-bond acceptors (Lipinski definition) is 10. The number of unbranched alkanes of at least 4 members (excludes halogenated alkanes) is 2. The van der Waals surface area contributed by atoms with Crippen LogP contribution in [0.3, 0.4) is 0 Å². The van der Waals surface area contributed by atoms with Crippen molar-refractivity contribution < 1.29 is 35.4 Å². The third kappa shape index (κ3) is 9.83. The van der Waals surface area contributed by atoms with Gasteiger partial charge in [0.1, 0.15) is 36.4 Å². The maximum atomic E-state index is 10.2. The monoisotopic (exact) mass is 665 g/mol. The summed E-state index contributed by atoms with van der Waals surface area (Å²) in [7, 11) is 0. The lowest BCUT2D eigenvalue weighted by Crippen LogP contribution is -2.53. The van der Waals surface area contributed by atoms with Crippen molar-refractivity contribution in [1.82, 2.24) is 15.6 Å². The van der Waals surface area contributed by atoms with E-state index in [2.05, 4.69) is 78.9 Å². The molecule has 1 saturated carbocycles. The summed E-state index contributed by atoms with van der Waals surface area (Å²) in [5.41, 5.74) is 7.11. The van der Waals surface area contributed by atoms with Crippen LogP contribution >= 0.6 is 0 Å². The highest BCUT2D eigenvalue weighted by Gasteiger charge is 2.45. The lowest BCUT2D eigenvalue weighted by atomic mass is 9.92. The van der Waals surface area contributed by atoms with Crippen molar-refractivity contribution in [3.05, 3.63) is 83.2 Å². The first kappa shape index (κ1) is 37.9.